The fourth-order valence-electron chi connectivity index (χ4n) is 5.67. The molecule has 1 aromatic heterocycles. The smallest absolute Gasteiger partial charge is 0.411 e. The Bertz CT molecular complexity index is 1490. The summed E-state index contributed by atoms with van der Waals surface area (Å²) < 4.78 is 20.4. The van der Waals surface area contributed by atoms with Gasteiger partial charge in [0.25, 0.3) is 0 Å². The van der Waals surface area contributed by atoms with Crippen molar-refractivity contribution >= 4 is 51.9 Å². The maximum Gasteiger partial charge on any atom is 0.411 e. The lowest BCUT2D eigenvalue weighted by Crippen LogP contribution is -2.53. The van der Waals surface area contributed by atoms with Crippen molar-refractivity contribution < 1.29 is 28.3 Å². The molecule has 3 amide bonds. The Labute approximate surface area is 228 Å². The van der Waals surface area contributed by atoms with E-state index < -0.39 is 18.0 Å². The molecule has 2 N–H and O–H groups in total. The van der Waals surface area contributed by atoms with E-state index in [1.54, 1.807) is 35.2 Å². The monoisotopic (exact) mass is 555 g/mol. The molecular formula is C27H27ClFN5O5. The zero-order chi connectivity index (χ0) is 27.8. The highest BCUT2D eigenvalue weighted by molar-refractivity contribution is 6.30. The first-order valence-electron chi connectivity index (χ1n) is 12.6. The summed E-state index contributed by atoms with van der Waals surface area (Å²) in [5.41, 5.74) is 1.36. The van der Waals surface area contributed by atoms with Crippen molar-refractivity contribution in [3.05, 3.63) is 58.5 Å². The van der Waals surface area contributed by atoms with Crippen LogP contribution in [-0.4, -0.2) is 57.6 Å². The van der Waals surface area contributed by atoms with Crippen molar-refractivity contribution in [2.75, 3.05) is 12.4 Å². The van der Waals surface area contributed by atoms with Crippen LogP contribution in [0.15, 0.2) is 36.4 Å². The number of rotatable bonds is 7. The van der Waals surface area contributed by atoms with E-state index in [1.807, 2.05) is 0 Å². The zero-order valence-corrected chi connectivity index (χ0v) is 22.1. The number of likely N-dealkylation sites (tertiary alicyclic amines) is 1. The van der Waals surface area contributed by atoms with E-state index in [-0.39, 0.29) is 58.9 Å². The van der Waals surface area contributed by atoms with Crippen molar-refractivity contribution in [3.63, 3.8) is 0 Å². The zero-order valence-electron chi connectivity index (χ0n) is 21.4. The Morgan fingerprint density at radius 1 is 1.18 bits per heavy atom. The van der Waals surface area contributed by atoms with Gasteiger partial charge in [0.1, 0.15) is 24.1 Å². The molecule has 2 fully saturated rings. The summed E-state index contributed by atoms with van der Waals surface area (Å²) in [7, 11) is 1.24. The van der Waals surface area contributed by atoms with Crippen LogP contribution in [-0.2, 0) is 27.4 Å². The third-order valence-electron chi connectivity index (χ3n) is 7.43. The Morgan fingerprint density at radius 2 is 1.97 bits per heavy atom. The lowest BCUT2D eigenvalue weighted by atomic mass is 9.97. The van der Waals surface area contributed by atoms with Gasteiger partial charge in [-0.3, -0.25) is 24.4 Å². The van der Waals surface area contributed by atoms with Crippen LogP contribution in [0, 0.1) is 11.7 Å². The predicted molar refractivity (Wildman–Crippen MR) is 141 cm³/mol. The standard InChI is InChI=1S/C27H27ClFN5O5/c1-14(35)24-19-11-17(31-27(38)39-2)7-9-21(19)33(32-24)13-22(36)34-18-8-6-15(10-18)25(34)26(37)30-12-16-4-3-5-20(28)23(16)29/h3-5,7,9,11,15,18,25H,6,8,10,12-13H2,1-2H3,(H,30,37)(H,31,38)/t15-,18+,25-/m0/s1. The summed E-state index contributed by atoms with van der Waals surface area (Å²) in [5.74, 6) is -1.52. The highest BCUT2D eigenvalue weighted by atomic mass is 35.5. The van der Waals surface area contributed by atoms with Gasteiger partial charge in [0.2, 0.25) is 11.8 Å². The van der Waals surface area contributed by atoms with E-state index >= 15 is 0 Å². The Kier molecular flexibility index (Phi) is 7.26. The number of carbonyl (C=O) groups excluding carboxylic acids is 4. The van der Waals surface area contributed by atoms with Crippen LogP contribution >= 0.6 is 11.6 Å². The number of methoxy groups -OCH3 is 1. The van der Waals surface area contributed by atoms with E-state index in [9.17, 15) is 23.6 Å². The number of anilines is 1. The first-order chi connectivity index (χ1) is 18.7. The van der Waals surface area contributed by atoms with E-state index in [1.165, 1.54) is 24.8 Å². The van der Waals surface area contributed by atoms with Gasteiger partial charge in [-0.1, -0.05) is 23.7 Å². The number of amides is 3. The van der Waals surface area contributed by atoms with Gasteiger partial charge in [0.15, 0.2) is 5.78 Å². The number of ketones is 1. The van der Waals surface area contributed by atoms with Crippen molar-refractivity contribution in [1.82, 2.24) is 20.0 Å². The molecular weight excluding hydrogens is 529 g/mol. The summed E-state index contributed by atoms with van der Waals surface area (Å²) in [5, 5.41) is 10.2. The molecule has 5 rings (SSSR count). The first kappa shape index (κ1) is 26.6. The largest absolute Gasteiger partial charge is 0.453 e. The number of aromatic nitrogens is 2. The van der Waals surface area contributed by atoms with E-state index in [0.29, 0.717) is 16.6 Å². The molecule has 10 nitrogen and oxygen atoms in total. The number of hydrogen-bond acceptors (Lipinski definition) is 6. The van der Waals surface area contributed by atoms with Gasteiger partial charge in [-0.05, 0) is 49.4 Å². The summed E-state index contributed by atoms with van der Waals surface area (Å²) >= 11 is 5.86. The predicted octanol–water partition coefficient (Wildman–Crippen LogP) is 3.91. The van der Waals surface area contributed by atoms with Crippen LogP contribution in [0.1, 0.15) is 42.2 Å². The van der Waals surface area contributed by atoms with Gasteiger partial charge in [0.05, 0.1) is 17.6 Å². The Morgan fingerprint density at radius 3 is 2.72 bits per heavy atom. The molecule has 1 saturated carbocycles. The summed E-state index contributed by atoms with van der Waals surface area (Å²) in [4.78, 5) is 52.4. The minimum atomic E-state index is -0.677. The normalized spacial score (nSPS) is 19.8. The Hall–Kier alpha value is -3.99. The molecule has 3 aromatic rings. The molecule has 1 aliphatic carbocycles. The SMILES string of the molecule is COC(=O)Nc1ccc2c(c1)c(C(C)=O)nn2CC(=O)N1[C@@H]2CC[C@@H](C2)[C@H]1C(=O)NCc1cccc(Cl)c1F. The maximum absolute atomic E-state index is 14.3. The number of piperidine rings is 1. The quantitative estimate of drug-likeness (QED) is 0.426. The lowest BCUT2D eigenvalue weighted by molar-refractivity contribution is -0.143. The summed E-state index contributed by atoms with van der Waals surface area (Å²) in [6.07, 6.45) is 1.68. The van der Waals surface area contributed by atoms with Crippen LogP contribution in [0.3, 0.4) is 0 Å². The lowest BCUT2D eigenvalue weighted by Gasteiger charge is -2.34. The fourth-order valence-corrected chi connectivity index (χ4v) is 5.87. The molecule has 3 atom stereocenters. The average Bonchev–Trinajstić information content (AvgIpc) is 3.62. The molecule has 0 radical (unpaired) electrons. The molecule has 2 heterocycles. The highest BCUT2D eigenvalue weighted by Gasteiger charge is 2.51. The molecule has 0 spiro atoms. The minimum Gasteiger partial charge on any atom is -0.453 e. The second-order valence-electron chi connectivity index (χ2n) is 9.81. The van der Waals surface area contributed by atoms with Crippen LogP contribution in [0.2, 0.25) is 5.02 Å². The van der Waals surface area contributed by atoms with Crippen LogP contribution in [0.25, 0.3) is 10.9 Å². The molecule has 204 valence electrons. The molecule has 1 saturated heterocycles. The summed E-state index contributed by atoms with van der Waals surface area (Å²) in [6.45, 7) is 1.15. The molecule has 0 unspecified atom stereocenters. The Balaban J connectivity index is 1.37. The van der Waals surface area contributed by atoms with Gasteiger partial charge in [0, 0.05) is 36.1 Å². The molecule has 2 bridgehead atoms. The number of hydrogen-bond donors (Lipinski definition) is 2. The number of halogens is 2. The number of benzene rings is 2. The fraction of sp³-hybridized carbons (Fsp3) is 0.370. The number of nitrogens with zero attached hydrogens (tertiary/aromatic N) is 3. The van der Waals surface area contributed by atoms with Crippen LogP contribution < -0.4 is 10.6 Å². The third-order valence-corrected chi connectivity index (χ3v) is 7.72. The first-order valence-corrected chi connectivity index (χ1v) is 12.9. The van der Waals surface area contributed by atoms with E-state index in [0.717, 1.165) is 19.3 Å². The van der Waals surface area contributed by atoms with Gasteiger partial charge in [-0.2, -0.15) is 5.10 Å². The molecule has 39 heavy (non-hydrogen) atoms. The molecule has 2 aromatic carbocycles. The van der Waals surface area contributed by atoms with Gasteiger partial charge < -0.3 is 15.0 Å². The number of Topliss-reactive ketones (excluding diaryl/α,β-unsaturated/α-hetero) is 1. The average molecular weight is 556 g/mol. The number of ether oxygens (including phenoxy) is 1. The van der Waals surface area contributed by atoms with Gasteiger partial charge in [-0.25, -0.2) is 9.18 Å². The van der Waals surface area contributed by atoms with Crippen LogP contribution in [0.5, 0.6) is 0 Å². The highest BCUT2D eigenvalue weighted by Crippen LogP contribution is 2.43. The van der Waals surface area contributed by atoms with E-state index in [2.05, 4.69) is 20.5 Å². The van der Waals surface area contributed by atoms with E-state index in [4.69, 9.17) is 11.6 Å². The molecule has 1 aliphatic heterocycles. The number of nitrogens with one attached hydrogen (secondary N) is 2. The van der Waals surface area contributed by atoms with Gasteiger partial charge >= 0.3 is 6.09 Å². The van der Waals surface area contributed by atoms with Crippen molar-refractivity contribution in [1.29, 1.82) is 0 Å². The van der Waals surface area contributed by atoms with Gasteiger partial charge in [-0.15, -0.1) is 0 Å². The second kappa shape index (κ2) is 10.6. The second-order valence-corrected chi connectivity index (χ2v) is 10.2. The molecule has 12 heteroatoms. The van der Waals surface area contributed by atoms with Crippen molar-refractivity contribution in [2.24, 2.45) is 5.92 Å². The summed E-state index contributed by atoms with van der Waals surface area (Å²) in [6, 6.07) is 8.72. The van der Waals surface area contributed by atoms with Crippen molar-refractivity contribution in [3.8, 4) is 0 Å². The van der Waals surface area contributed by atoms with Crippen LogP contribution in [0.4, 0.5) is 14.9 Å². The topological polar surface area (TPSA) is 123 Å². The molecule has 2 aliphatic rings. The third kappa shape index (κ3) is 5.06. The number of carbonyl (C=O) groups is 4. The number of fused-ring (bicyclic) bond motifs is 3. The minimum absolute atomic E-state index is 0.0114. The maximum atomic E-state index is 14.3. The van der Waals surface area contributed by atoms with Crippen molar-refractivity contribution in [2.45, 2.75) is 51.4 Å².